The summed E-state index contributed by atoms with van der Waals surface area (Å²) < 4.78 is 35.7. The average molecular weight is 501 g/mol. The molecule has 8 heteroatoms. The lowest BCUT2D eigenvalue weighted by atomic mass is 10.1. The minimum absolute atomic E-state index is 0.0708. The molecule has 1 saturated heterocycles. The molecule has 0 unspecified atom stereocenters. The van der Waals surface area contributed by atoms with Crippen LogP contribution in [0.5, 0.6) is 11.6 Å². The topological polar surface area (TPSA) is 73.2 Å². The minimum Gasteiger partial charge on any atom is -0.494 e. The lowest BCUT2D eigenvalue weighted by Gasteiger charge is -2.31. The van der Waals surface area contributed by atoms with Crippen LogP contribution in [0.3, 0.4) is 0 Å². The number of halogens is 2. The van der Waals surface area contributed by atoms with Gasteiger partial charge in [0.1, 0.15) is 23.5 Å². The molecule has 2 N–H and O–H groups in total. The zero-order valence-corrected chi connectivity index (χ0v) is 20.3. The third kappa shape index (κ3) is 4.49. The predicted octanol–water partition coefficient (Wildman–Crippen LogP) is 2.86. The monoisotopic (exact) mass is 500 g/mol. The maximum atomic E-state index is 15.1. The summed E-state index contributed by atoms with van der Waals surface area (Å²) in [5.41, 5.74) is 1.09. The van der Waals surface area contributed by atoms with Crippen molar-refractivity contribution in [1.82, 2.24) is 9.88 Å². The molecule has 0 radical (unpaired) electrons. The lowest BCUT2D eigenvalue weighted by Crippen LogP contribution is -2.37. The average Bonchev–Trinajstić information content (AvgIpc) is 3.44. The highest BCUT2D eigenvalue weighted by Crippen LogP contribution is 2.31. The first-order valence-corrected chi connectivity index (χ1v) is 12.5. The van der Waals surface area contributed by atoms with Crippen molar-refractivity contribution in [3.63, 3.8) is 0 Å². The van der Waals surface area contributed by atoms with E-state index in [9.17, 15) is 9.50 Å². The number of benzene rings is 3. The second-order valence-electron chi connectivity index (χ2n) is 9.38. The number of piperidine rings is 1. The van der Waals surface area contributed by atoms with Gasteiger partial charge in [-0.05, 0) is 67.1 Å². The quantitative estimate of drug-likeness (QED) is 0.453. The molecule has 3 heterocycles. The van der Waals surface area contributed by atoms with Gasteiger partial charge in [-0.2, -0.15) is 0 Å². The zero-order chi connectivity index (χ0) is 25.5. The molecule has 4 aromatic rings. The van der Waals surface area contributed by atoms with Crippen molar-refractivity contribution in [2.24, 2.45) is 9.98 Å². The van der Waals surface area contributed by atoms with Crippen LogP contribution in [0.25, 0.3) is 22.8 Å². The van der Waals surface area contributed by atoms with Gasteiger partial charge in [0.2, 0.25) is 0 Å². The minimum atomic E-state index is -0.775. The number of aromatic nitrogens is 1. The van der Waals surface area contributed by atoms with E-state index < -0.39 is 11.6 Å². The highest BCUT2D eigenvalue weighted by atomic mass is 19.1. The molecule has 0 saturated carbocycles. The number of H-pyrrole nitrogens is 1. The van der Waals surface area contributed by atoms with Gasteiger partial charge < -0.3 is 19.7 Å². The van der Waals surface area contributed by atoms with Gasteiger partial charge in [0.15, 0.2) is 11.7 Å². The molecule has 0 bridgehead atoms. The summed E-state index contributed by atoms with van der Waals surface area (Å²) in [5, 5.41) is 12.9. The lowest BCUT2D eigenvalue weighted by molar-refractivity contribution is 0.104. The van der Waals surface area contributed by atoms with Gasteiger partial charge in [0, 0.05) is 35.6 Å². The van der Waals surface area contributed by atoms with E-state index in [2.05, 4.69) is 26.8 Å². The second kappa shape index (κ2) is 9.44. The predicted molar refractivity (Wildman–Crippen MR) is 137 cm³/mol. The van der Waals surface area contributed by atoms with Crippen LogP contribution in [-0.2, 0) is 0 Å². The SMILES string of the molecule is CCN1CCC(Oc2ccc3[nH]c(O)c(C=c4cc(F)cc(F)c4=C4N=c5ccccc5=N4)c3c2)CC1. The largest absolute Gasteiger partial charge is 0.494 e. The number of ether oxygens (including phenoxy) is 1. The molecule has 6 nitrogen and oxygen atoms in total. The van der Waals surface area contributed by atoms with Gasteiger partial charge in [-0.15, -0.1) is 0 Å². The molecule has 6 rings (SSSR count). The van der Waals surface area contributed by atoms with E-state index in [1.54, 1.807) is 18.2 Å². The van der Waals surface area contributed by atoms with Crippen molar-refractivity contribution in [2.75, 3.05) is 19.6 Å². The van der Waals surface area contributed by atoms with Crippen LogP contribution in [0, 0.1) is 11.6 Å². The number of nitrogens with zero attached hydrogens (tertiary/aromatic N) is 3. The Morgan fingerprint density at radius 2 is 1.78 bits per heavy atom. The molecule has 2 aliphatic heterocycles. The molecule has 1 aromatic heterocycles. The third-order valence-electron chi connectivity index (χ3n) is 7.02. The first-order chi connectivity index (χ1) is 18.0. The Labute approximate surface area is 211 Å². The van der Waals surface area contributed by atoms with Crippen molar-refractivity contribution in [3.05, 3.63) is 92.9 Å². The highest BCUT2D eigenvalue weighted by molar-refractivity contribution is 5.92. The number of fused-ring (bicyclic) bond motifs is 2. The van der Waals surface area contributed by atoms with E-state index >= 15 is 4.39 Å². The van der Waals surface area contributed by atoms with E-state index in [4.69, 9.17) is 4.74 Å². The first-order valence-electron chi connectivity index (χ1n) is 12.5. The van der Waals surface area contributed by atoms with Crippen LogP contribution >= 0.6 is 0 Å². The summed E-state index contributed by atoms with van der Waals surface area (Å²) in [6.45, 7) is 5.20. The van der Waals surface area contributed by atoms with E-state index in [0.29, 0.717) is 32.9 Å². The molecular formula is C29H26F2N4O2. The molecule has 0 spiro atoms. The summed E-state index contributed by atoms with van der Waals surface area (Å²) in [6, 6.07) is 14.8. The van der Waals surface area contributed by atoms with Gasteiger partial charge in [-0.25, -0.2) is 18.8 Å². The summed E-state index contributed by atoms with van der Waals surface area (Å²) in [4.78, 5) is 14.2. The van der Waals surface area contributed by atoms with E-state index in [0.717, 1.165) is 38.5 Å². The molecule has 188 valence electrons. The Morgan fingerprint density at radius 3 is 2.49 bits per heavy atom. The standard InChI is InChI=1S/C29H26F2N4O2/c1-2-35-11-9-19(10-12-35)37-20-7-8-24-21(16-20)22(29(36)34-24)14-17-13-18(30)15-23(31)27(17)28-32-25-5-3-4-6-26(25)33-28/h3-8,13-16,19,34,36H,2,9-12H2,1H3. The fraction of sp³-hybridized carbons (Fsp3) is 0.241. The number of likely N-dealkylation sites (tertiary alicyclic amines) is 1. The summed E-state index contributed by atoms with van der Waals surface area (Å²) in [6.07, 6.45) is 3.57. The highest BCUT2D eigenvalue weighted by Gasteiger charge is 2.20. The van der Waals surface area contributed by atoms with Gasteiger partial charge in [0.25, 0.3) is 0 Å². The summed E-state index contributed by atoms with van der Waals surface area (Å²) >= 11 is 0. The van der Waals surface area contributed by atoms with Crippen LogP contribution < -0.4 is 25.9 Å². The maximum absolute atomic E-state index is 15.1. The van der Waals surface area contributed by atoms with Crippen molar-refractivity contribution in [2.45, 2.75) is 25.9 Å². The number of hydrogen-bond acceptors (Lipinski definition) is 5. The number of hydrogen-bond donors (Lipinski definition) is 2. The van der Waals surface area contributed by atoms with Crippen LogP contribution in [0.1, 0.15) is 25.3 Å². The molecule has 2 aliphatic rings. The zero-order valence-electron chi connectivity index (χ0n) is 20.3. The van der Waals surface area contributed by atoms with Gasteiger partial charge in [-0.3, -0.25) is 0 Å². The second-order valence-corrected chi connectivity index (χ2v) is 9.38. The Hall–Kier alpha value is -4.04. The Balaban J connectivity index is 1.46. The Bertz CT molecular complexity index is 1720. The fourth-order valence-electron chi connectivity index (χ4n) is 5.05. The molecular weight excluding hydrogens is 474 g/mol. The summed E-state index contributed by atoms with van der Waals surface area (Å²) in [7, 11) is 0. The van der Waals surface area contributed by atoms with Crippen LogP contribution in [0.2, 0.25) is 0 Å². The number of rotatable bonds is 4. The molecule has 37 heavy (non-hydrogen) atoms. The Morgan fingerprint density at radius 1 is 1.05 bits per heavy atom. The molecule has 0 amide bonds. The fourth-order valence-corrected chi connectivity index (χ4v) is 5.05. The summed E-state index contributed by atoms with van der Waals surface area (Å²) in [5.74, 6) is -0.764. The van der Waals surface area contributed by atoms with Crippen molar-refractivity contribution in [3.8, 4) is 11.6 Å². The maximum Gasteiger partial charge on any atom is 0.196 e. The van der Waals surface area contributed by atoms with Gasteiger partial charge in [-0.1, -0.05) is 19.1 Å². The van der Waals surface area contributed by atoms with Crippen LogP contribution in [-0.4, -0.2) is 40.7 Å². The van der Waals surface area contributed by atoms with Gasteiger partial charge >= 0.3 is 0 Å². The number of nitrogens with one attached hydrogen (secondary N) is 1. The van der Waals surface area contributed by atoms with Crippen molar-refractivity contribution in [1.29, 1.82) is 0 Å². The van der Waals surface area contributed by atoms with Crippen molar-refractivity contribution < 1.29 is 18.6 Å². The number of para-hydroxylation sites is 2. The number of aromatic hydroxyl groups is 1. The van der Waals surface area contributed by atoms with Crippen LogP contribution in [0.4, 0.5) is 8.78 Å². The third-order valence-corrected chi connectivity index (χ3v) is 7.02. The van der Waals surface area contributed by atoms with E-state index in [1.165, 1.54) is 6.07 Å². The Kier molecular flexibility index (Phi) is 5.96. The number of aromatic amines is 1. The van der Waals surface area contributed by atoms with Crippen molar-refractivity contribution >= 4 is 22.8 Å². The van der Waals surface area contributed by atoms with Gasteiger partial charge in [0.05, 0.1) is 15.9 Å². The molecule has 0 aliphatic carbocycles. The van der Waals surface area contributed by atoms with E-state index in [1.807, 2.05) is 30.3 Å². The first kappa shape index (κ1) is 23.4. The normalized spacial score (nSPS) is 16.6. The smallest absolute Gasteiger partial charge is 0.196 e. The molecule has 3 aromatic carbocycles. The molecule has 1 fully saturated rings. The van der Waals surface area contributed by atoms with E-state index in [-0.39, 0.29) is 28.2 Å². The van der Waals surface area contributed by atoms with Crippen LogP contribution in [0.15, 0.2) is 64.6 Å². The molecule has 0 atom stereocenters.